The maximum absolute atomic E-state index is 13.6. The Hall–Kier alpha value is -2.83. The molecule has 0 saturated heterocycles. The Morgan fingerprint density at radius 1 is 1.21 bits per heavy atom. The van der Waals surface area contributed by atoms with E-state index in [0.717, 1.165) is 0 Å². The van der Waals surface area contributed by atoms with Gasteiger partial charge in [-0.15, -0.1) is 5.10 Å². The third-order valence-electron chi connectivity index (χ3n) is 2.65. The minimum absolute atomic E-state index is 0.0887. The highest BCUT2D eigenvalue weighted by molar-refractivity contribution is 5.65. The Kier molecular flexibility index (Phi) is 2.45. The normalized spacial score (nSPS) is 10.8. The quantitative estimate of drug-likeness (QED) is 0.522. The van der Waals surface area contributed by atoms with Crippen LogP contribution in [0.3, 0.4) is 0 Å². The zero-order valence-electron chi connectivity index (χ0n) is 9.52. The number of fused-ring (bicyclic) bond motifs is 1. The summed E-state index contributed by atoms with van der Waals surface area (Å²) in [5, 5.41) is 14.9. The number of nitrogens with zero attached hydrogens (tertiary/aromatic N) is 4. The van der Waals surface area contributed by atoms with Crippen molar-refractivity contribution in [3.05, 3.63) is 58.5 Å². The maximum Gasteiger partial charge on any atom is 0.313 e. The first-order valence-electron chi connectivity index (χ1n) is 5.41. The molecule has 7 heteroatoms. The SMILES string of the molecule is O=[N+]([O-])c1cccn2nc(-c3ccccc3F)nc12. The second-order valence-electron chi connectivity index (χ2n) is 3.83. The van der Waals surface area contributed by atoms with Gasteiger partial charge in [-0.2, -0.15) is 0 Å². The number of hydrogen-bond donors (Lipinski definition) is 0. The third kappa shape index (κ3) is 1.81. The van der Waals surface area contributed by atoms with Crippen molar-refractivity contribution in [2.45, 2.75) is 0 Å². The maximum atomic E-state index is 13.6. The number of pyridine rings is 1. The van der Waals surface area contributed by atoms with Crippen molar-refractivity contribution in [1.29, 1.82) is 0 Å². The van der Waals surface area contributed by atoms with Crippen LogP contribution in [0.1, 0.15) is 0 Å². The predicted molar refractivity (Wildman–Crippen MR) is 65.0 cm³/mol. The van der Waals surface area contributed by atoms with Crippen molar-refractivity contribution in [1.82, 2.24) is 14.6 Å². The molecule has 0 saturated carbocycles. The summed E-state index contributed by atoms with van der Waals surface area (Å²) in [6, 6.07) is 8.83. The Labute approximate surface area is 106 Å². The van der Waals surface area contributed by atoms with Crippen LogP contribution in [0.15, 0.2) is 42.6 Å². The van der Waals surface area contributed by atoms with Crippen LogP contribution in [0.2, 0.25) is 0 Å². The smallest absolute Gasteiger partial charge is 0.258 e. The summed E-state index contributed by atoms with van der Waals surface area (Å²) in [5.41, 5.74) is 0.129. The lowest BCUT2D eigenvalue weighted by molar-refractivity contribution is -0.383. The van der Waals surface area contributed by atoms with Crippen molar-refractivity contribution < 1.29 is 9.31 Å². The second kappa shape index (κ2) is 4.13. The molecular formula is C12H7FN4O2. The van der Waals surface area contributed by atoms with Crippen molar-refractivity contribution in [3.63, 3.8) is 0 Å². The van der Waals surface area contributed by atoms with Crippen LogP contribution in [0.4, 0.5) is 10.1 Å². The molecule has 2 aromatic heterocycles. The minimum Gasteiger partial charge on any atom is -0.258 e. The summed E-state index contributed by atoms with van der Waals surface area (Å²) in [6.45, 7) is 0. The average molecular weight is 258 g/mol. The van der Waals surface area contributed by atoms with Crippen molar-refractivity contribution in [2.75, 3.05) is 0 Å². The molecule has 0 aliphatic carbocycles. The molecule has 0 unspecified atom stereocenters. The van der Waals surface area contributed by atoms with Gasteiger partial charge in [0.05, 0.1) is 10.5 Å². The van der Waals surface area contributed by atoms with Crippen LogP contribution < -0.4 is 0 Å². The summed E-state index contributed by atoms with van der Waals surface area (Å²) in [6.07, 6.45) is 1.53. The molecule has 0 spiro atoms. The lowest BCUT2D eigenvalue weighted by Crippen LogP contribution is -1.93. The topological polar surface area (TPSA) is 73.3 Å². The van der Waals surface area contributed by atoms with E-state index in [0.29, 0.717) is 0 Å². The lowest BCUT2D eigenvalue weighted by Gasteiger charge is -1.95. The van der Waals surface area contributed by atoms with Gasteiger partial charge in [-0.25, -0.2) is 13.9 Å². The molecule has 0 aliphatic rings. The lowest BCUT2D eigenvalue weighted by atomic mass is 10.2. The monoisotopic (exact) mass is 258 g/mol. The number of aromatic nitrogens is 3. The molecule has 0 fully saturated rings. The van der Waals surface area contributed by atoms with Gasteiger partial charge in [0, 0.05) is 12.3 Å². The van der Waals surface area contributed by atoms with E-state index < -0.39 is 10.7 Å². The van der Waals surface area contributed by atoms with E-state index in [1.54, 1.807) is 12.1 Å². The summed E-state index contributed by atoms with van der Waals surface area (Å²) in [5.74, 6) is -0.353. The first-order chi connectivity index (χ1) is 9.16. The summed E-state index contributed by atoms with van der Waals surface area (Å²) in [7, 11) is 0. The number of nitro groups is 1. The molecule has 19 heavy (non-hydrogen) atoms. The van der Waals surface area contributed by atoms with Crippen LogP contribution in [0.25, 0.3) is 17.0 Å². The van der Waals surface area contributed by atoms with Crippen molar-refractivity contribution in [2.24, 2.45) is 0 Å². The zero-order chi connectivity index (χ0) is 13.4. The minimum atomic E-state index is -0.546. The first-order valence-corrected chi connectivity index (χ1v) is 5.41. The largest absolute Gasteiger partial charge is 0.313 e. The van der Waals surface area contributed by atoms with E-state index in [-0.39, 0.29) is 22.7 Å². The van der Waals surface area contributed by atoms with Gasteiger partial charge in [0.15, 0.2) is 5.82 Å². The van der Waals surface area contributed by atoms with E-state index in [1.807, 2.05) is 0 Å². The molecule has 3 rings (SSSR count). The molecule has 94 valence electrons. The molecule has 0 aliphatic heterocycles. The van der Waals surface area contributed by atoms with Gasteiger partial charge in [0.25, 0.3) is 0 Å². The first kappa shape index (κ1) is 11.3. The highest BCUT2D eigenvalue weighted by Crippen LogP contribution is 2.23. The van der Waals surface area contributed by atoms with Gasteiger partial charge in [-0.1, -0.05) is 12.1 Å². The van der Waals surface area contributed by atoms with Crippen LogP contribution in [0.5, 0.6) is 0 Å². The summed E-state index contributed by atoms with van der Waals surface area (Å²) >= 11 is 0. The van der Waals surface area contributed by atoms with Crippen molar-refractivity contribution in [3.8, 4) is 11.4 Å². The molecule has 0 amide bonds. The molecule has 2 heterocycles. The zero-order valence-corrected chi connectivity index (χ0v) is 9.52. The second-order valence-corrected chi connectivity index (χ2v) is 3.83. The van der Waals surface area contributed by atoms with E-state index in [1.165, 1.54) is 35.0 Å². The molecule has 3 aromatic rings. The number of halogens is 1. The van der Waals surface area contributed by atoms with Crippen LogP contribution in [-0.2, 0) is 0 Å². The van der Waals surface area contributed by atoms with E-state index in [4.69, 9.17) is 0 Å². The standard InChI is InChI=1S/C12H7FN4O2/c13-9-5-2-1-4-8(9)11-14-12-10(17(18)19)6-3-7-16(12)15-11/h1-7H. The van der Waals surface area contributed by atoms with Crippen LogP contribution >= 0.6 is 0 Å². The van der Waals surface area contributed by atoms with E-state index >= 15 is 0 Å². The Morgan fingerprint density at radius 3 is 2.74 bits per heavy atom. The Morgan fingerprint density at radius 2 is 2.00 bits per heavy atom. The van der Waals surface area contributed by atoms with E-state index in [9.17, 15) is 14.5 Å². The fraction of sp³-hybridized carbons (Fsp3) is 0. The molecule has 0 atom stereocenters. The fourth-order valence-corrected chi connectivity index (χ4v) is 1.79. The third-order valence-corrected chi connectivity index (χ3v) is 2.65. The van der Waals surface area contributed by atoms with Gasteiger partial charge in [0.2, 0.25) is 5.65 Å². The molecular weight excluding hydrogens is 251 g/mol. The van der Waals surface area contributed by atoms with Gasteiger partial charge < -0.3 is 0 Å². The van der Waals surface area contributed by atoms with Gasteiger partial charge in [-0.05, 0) is 18.2 Å². The summed E-state index contributed by atoms with van der Waals surface area (Å²) in [4.78, 5) is 14.4. The van der Waals surface area contributed by atoms with Crippen LogP contribution in [0, 0.1) is 15.9 Å². The number of hydrogen-bond acceptors (Lipinski definition) is 4. The molecule has 1 aromatic carbocycles. The fourth-order valence-electron chi connectivity index (χ4n) is 1.79. The van der Waals surface area contributed by atoms with Gasteiger partial charge >= 0.3 is 5.69 Å². The number of rotatable bonds is 2. The van der Waals surface area contributed by atoms with E-state index in [2.05, 4.69) is 10.1 Å². The molecule has 0 bridgehead atoms. The number of benzene rings is 1. The van der Waals surface area contributed by atoms with Gasteiger partial charge in [0.1, 0.15) is 5.82 Å². The van der Waals surface area contributed by atoms with Gasteiger partial charge in [-0.3, -0.25) is 10.1 Å². The highest BCUT2D eigenvalue weighted by Gasteiger charge is 2.17. The van der Waals surface area contributed by atoms with Crippen LogP contribution in [-0.4, -0.2) is 19.5 Å². The average Bonchev–Trinajstić information content (AvgIpc) is 2.82. The Bertz CT molecular complexity index is 784. The predicted octanol–water partition coefficient (Wildman–Crippen LogP) is 2.44. The highest BCUT2D eigenvalue weighted by atomic mass is 19.1. The molecule has 0 radical (unpaired) electrons. The molecule has 6 nitrogen and oxygen atoms in total. The Balaban J connectivity index is 2.26. The van der Waals surface area contributed by atoms with Crippen molar-refractivity contribution >= 4 is 11.3 Å². The molecule has 0 N–H and O–H groups in total. The summed E-state index contributed by atoms with van der Waals surface area (Å²) < 4.78 is 14.9.